The minimum Gasteiger partial charge on any atom is -0.322 e. The highest BCUT2D eigenvalue weighted by molar-refractivity contribution is 5.01. The summed E-state index contributed by atoms with van der Waals surface area (Å²) in [6.07, 6.45) is 2.83. The minimum atomic E-state index is -0.271. The van der Waals surface area contributed by atoms with E-state index < -0.39 is 0 Å². The summed E-state index contributed by atoms with van der Waals surface area (Å²) in [5, 5.41) is 8.21. The minimum absolute atomic E-state index is 0.197. The maximum Gasteiger partial charge on any atom is 0.266 e. The van der Waals surface area contributed by atoms with Crippen molar-refractivity contribution in [3.8, 4) is 6.07 Å². The topological polar surface area (TPSA) is 69.5 Å². The Morgan fingerprint density at radius 1 is 1.70 bits per heavy atom. The summed E-state index contributed by atoms with van der Waals surface area (Å²) in [6, 6.07) is 1.90. The zero-order valence-corrected chi connectivity index (χ0v) is 5.16. The molecule has 50 valence electrons. The van der Waals surface area contributed by atoms with E-state index in [0.717, 1.165) is 0 Å². The molecule has 0 radical (unpaired) electrons. The lowest BCUT2D eigenvalue weighted by Gasteiger charge is -1.88. The summed E-state index contributed by atoms with van der Waals surface area (Å²) in [6.45, 7) is 0. The smallest absolute Gasteiger partial charge is 0.266 e. The van der Waals surface area contributed by atoms with Crippen LogP contribution in [0, 0.1) is 11.3 Å². The third-order valence-electron chi connectivity index (χ3n) is 0.975. The van der Waals surface area contributed by atoms with E-state index in [0.29, 0.717) is 5.69 Å². The molecule has 0 spiro atoms. The average Bonchev–Trinajstić information content (AvgIpc) is 1.88. The highest BCUT2D eigenvalue weighted by Crippen LogP contribution is 1.85. The van der Waals surface area contributed by atoms with Gasteiger partial charge in [-0.05, 0) is 0 Å². The first-order chi connectivity index (χ1) is 4.83. The fourth-order valence-corrected chi connectivity index (χ4v) is 0.593. The van der Waals surface area contributed by atoms with Crippen molar-refractivity contribution in [2.24, 2.45) is 0 Å². The van der Waals surface area contributed by atoms with Gasteiger partial charge in [0.05, 0.1) is 24.4 Å². The maximum atomic E-state index is 10.5. The van der Waals surface area contributed by atoms with Crippen LogP contribution in [0.2, 0.25) is 0 Å². The van der Waals surface area contributed by atoms with Crippen LogP contribution in [0.3, 0.4) is 0 Å². The number of hydrogen-bond acceptors (Lipinski definition) is 3. The molecule has 1 N–H and O–H groups in total. The van der Waals surface area contributed by atoms with Gasteiger partial charge in [-0.2, -0.15) is 5.26 Å². The summed E-state index contributed by atoms with van der Waals surface area (Å²) in [5.41, 5.74) is 0.280. The summed E-state index contributed by atoms with van der Waals surface area (Å²) < 4.78 is 0. The van der Waals surface area contributed by atoms with Crippen LogP contribution >= 0.6 is 0 Å². The fourth-order valence-electron chi connectivity index (χ4n) is 0.593. The van der Waals surface area contributed by atoms with Gasteiger partial charge in [0, 0.05) is 6.20 Å². The highest BCUT2D eigenvalue weighted by Gasteiger charge is 1.89. The Labute approximate surface area is 57.2 Å². The molecule has 0 bridgehead atoms. The molecule has 0 unspecified atom stereocenters. The number of aromatic amines is 1. The number of nitrogens with one attached hydrogen (secondary N) is 1. The number of nitrogens with zero attached hydrogens (tertiary/aromatic N) is 2. The van der Waals surface area contributed by atoms with Gasteiger partial charge in [0.15, 0.2) is 0 Å². The van der Waals surface area contributed by atoms with Crippen molar-refractivity contribution in [2.75, 3.05) is 0 Å². The molecule has 0 atom stereocenters. The SMILES string of the molecule is N#CCc1cncc(=O)[nH]1. The Hall–Kier alpha value is -1.63. The lowest BCUT2D eigenvalue weighted by molar-refractivity contribution is 1.02. The normalized spacial score (nSPS) is 8.70. The molecule has 4 heteroatoms. The van der Waals surface area contributed by atoms with E-state index in [4.69, 9.17) is 5.26 Å². The van der Waals surface area contributed by atoms with Gasteiger partial charge in [0.25, 0.3) is 5.56 Å². The Balaban J connectivity index is 2.98. The van der Waals surface area contributed by atoms with Gasteiger partial charge in [0.2, 0.25) is 0 Å². The molecule has 1 heterocycles. The average molecular weight is 135 g/mol. The second-order valence-corrected chi connectivity index (χ2v) is 1.76. The van der Waals surface area contributed by atoms with Crippen molar-refractivity contribution in [1.29, 1.82) is 5.26 Å². The molecule has 0 fully saturated rings. The first-order valence-electron chi connectivity index (χ1n) is 2.73. The summed E-state index contributed by atoms with van der Waals surface area (Å²) in [7, 11) is 0. The fraction of sp³-hybridized carbons (Fsp3) is 0.167. The van der Waals surface area contributed by atoms with Crippen molar-refractivity contribution in [1.82, 2.24) is 9.97 Å². The van der Waals surface area contributed by atoms with E-state index in [1.807, 2.05) is 6.07 Å². The van der Waals surface area contributed by atoms with Crippen LogP contribution < -0.4 is 5.56 Å². The Bertz CT molecular complexity index is 309. The van der Waals surface area contributed by atoms with Crippen molar-refractivity contribution in [2.45, 2.75) is 6.42 Å². The summed E-state index contributed by atoms with van der Waals surface area (Å²) in [4.78, 5) is 16.6. The first kappa shape index (κ1) is 6.49. The molecule has 10 heavy (non-hydrogen) atoms. The van der Waals surface area contributed by atoms with Crippen LogP contribution in [0.25, 0.3) is 0 Å². The van der Waals surface area contributed by atoms with Crippen LogP contribution in [0.15, 0.2) is 17.2 Å². The summed E-state index contributed by atoms with van der Waals surface area (Å²) in [5.74, 6) is 0. The quantitative estimate of drug-likeness (QED) is 0.581. The number of rotatable bonds is 1. The molecular formula is C6H5N3O. The van der Waals surface area contributed by atoms with Crippen LogP contribution in [-0.2, 0) is 6.42 Å². The standard InChI is InChI=1S/C6H5N3O/c7-2-1-5-3-8-4-6(10)9-5/h3-4H,1H2,(H,9,10). The molecule has 1 rings (SSSR count). The molecular weight excluding hydrogens is 130 g/mol. The van der Waals surface area contributed by atoms with E-state index in [-0.39, 0.29) is 12.0 Å². The molecule has 0 aliphatic rings. The first-order valence-corrected chi connectivity index (χ1v) is 2.73. The van der Waals surface area contributed by atoms with Crippen molar-refractivity contribution >= 4 is 0 Å². The Morgan fingerprint density at radius 2 is 2.50 bits per heavy atom. The molecule has 0 amide bonds. The Kier molecular flexibility index (Phi) is 1.80. The van der Waals surface area contributed by atoms with Crippen molar-refractivity contribution in [3.05, 3.63) is 28.4 Å². The third kappa shape index (κ3) is 1.42. The number of hydrogen-bond donors (Lipinski definition) is 1. The van der Waals surface area contributed by atoms with Crippen LogP contribution in [-0.4, -0.2) is 9.97 Å². The van der Waals surface area contributed by atoms with Gasteiger partial charge in [-0.3, -0.25) is 9.78 Å². The van der Waals surface area contributed by atoms with Gasteiger partial charge in [-0.15, -0.1) is 0 Å². The maximum absolute atomic E-state index is 10.5. The molecule has 0 saturated carbocycles. The monoisotopic (exact) mass is 135 g/mol. The van der Waals surface area contributed by atoms with Gasteiger partial charge in [-0.1, -0.05) is 0 Å². The number of nitriles is 1. The molecule has 4 nitrogen and oxygen atoms in total. The van der Waals surface area contributed by atoms with Crippen molar-refractivity contribution in [3.63, 3.8) is 0 Å². The molecule has 0 aliphatic carbocycles. The molecule has 1 aromatic rings. The molecule has 0 aromatic carbocycles. The van der Waals surface area contributed by atoms with Crippen LogP contribution in [0.5, 0.6) is 0 Å². The predicted octanol–water partition coefficient (Wildman–Crippen LogP) is -0.164. The van der Waals surface area contributed by atoms with Gasteiger partial charge >= 0.3 is 0 Å². The molecule has 0 aliphatic heterocycles. The van der Waals surface area contributed by atoms with E-state index in [1.54, 1.807) is 0 Å². The van der Waals surface area contributed by atoms with E-state index in [2.05, 4.69) is 9.97 Å². The second-order valence-electron chi connectivity index (χ2n) is 1.76. The largest absolute Gasteiger partial charge is 0.322 e. The lowest BCUT2D eigenvalue weighted by Crippen LogP contribution is -2.07. The highest BCUT2D eigenvalue weighted by atomic mass is 16.1. The zero-order chi connectivity index (χ0) is 7.40. The predicted molar refractivity (Wildman–Crippen MR) is 34.2 cm³/mol. The van der Waals surface area contributed by atoms with E-state index in [9.17, 15) is 4.79 Å². The van der Waals surface area contributed by atoms with Gasteiger partial charge < -0.3 is 4.98 Å². The lowest BCUT2D eigenvalue weighted by atomic mass is 10.3. The van der Waals surface area contributed by atoms with Crippen LogP contribution in [0.1, 0.15) is 5.69 Å². The number of H-pyrrole nitrogens is 1. The van der Waals surface area contributed by atoms with Crippen molar-refractivity contribution < 1.29 is 0 Å². The zero-order valence-electron chi connectivity index (χ0n) is 5.16. The summed E-state index contributed by atoms with van der Waals surface area (Å²) >= 11 is 0. The second kappa shape index (κ2) is 2.78. The van der Waals surface area contributed by atoms with E-state index in [1.165, 1.54) is 12.4 Å². The Morgan fingerprint density at radius 3 is 3.10 bits per heavy atom. The van der Waals surface area contributed by atoms with Gasteiger partial charge in [-0.25, -0.2) is 0 Å². The third-order valence-corrected chi connectivity index (χ3v) is 0.975. The van der Waals surface area contributed by atoms with E-state index >= 15 is 0 Å². The van der Waals surface area contributed by atoms with Crippen LogP contribution in [0.4, 0.5) is 0 Å². The molecule has 1 aromatic heterocycles. The van der Waals surface area contributed by atoms with Gasteiger partial charge in [0.1, 0.15) is 0 Å². The number of aromatic nitrogens is 2. The molecule has 0 saturated heterocycles.